The lowest BCUT2D eigenvalue weighted by atomic mass is 10.2. The summed E-state index contributed by atoms with van der Waals surface area (Å²) in [5.41, 5.74) is 2.60. The fraction of sp³-hybridized carbons (Fsp3) is 0.688. The van der Waals surface area contributed by atoms with Crippen LogP contribution in [0, 0.1) is 0 Å². The Bertz CT molecular complexity index is 376. The predicted octanol–water partition coefficient (Wildman–Crippen LogP) is 2.36. The van der Waals surface area contributed by atoms with E-state index in [9.17, 15) is 0 Å². The number of likely N-dealkylation sites (N-methyl/N-ethyl adjacent to an activating group) is 1. The van der Waals surface area contributed by atoms with Gasteiger partial charge in [0.1, 0.15) is 0 Å². The van der Waals surface area contributed by atoms with E-state index in [1.165, 1.54) is 11.3 Å². The van der Waals surface area contributed by atoms with Gasteiger partial charge in [-0.2, -0.15) is 0 Å². The van der Waals surface area contributed by atoms with E-state index in [4.69, 9.17) is 0 Å². The van der Waals surface area contributed by atoms with Gasteiger partial charge in [-0.25, -0.2) is 0 Å². The minimum absolute atomic E-state index is 0.498. The smallest absolute Gasteiger partial charge is 0.0598 e. The molecule has 114 valence electrons. The predicted molar refractivity (Wildman–Crippen MR) is 87.3 cm³/mol. The average Bonchev–Trinajstić information content (AvgIpc) is 2.41. The molecule has 0 amide bonds. The summed E-state index contributed by atoms with van der Waals surface area (Å²) in [7, 11) is 4.24. The first-order chi connectivity index (χ1) is 9.54. The highest BCUT2D eigenvalue weighted by molar-refractivity contribution is 5.51. The lowest BCUT2D eigenvalue weighted by molar-refractivity contribution is 0.412. The Morgan fingerprint density at radius 2 is 1.95 bits per heavy atom. The molecule has 20 heavy (non-hydrogen) atoms. The van der Waals surface area contributed by atoms with Crippen LogP contribution in [-0.2, 0) is 6.54 Å². The van der Waals surface area contributed by atoms with Gasteiger partial charge in [0.25, 0.3) is 0 Å². The zero-order valence-corrected chi connectivity index (χ0v) is 13.7. The molecule has 1 rings (SSSR count). The second-order valence-corrected chi connectivity index (χ2v) is 5.83. The summed E-state index contributed by atoms with van der Waals surface area (Å²) in [4.78, 5) is 9.00. The van der Waals surface area contributed by atoms with Crippen molar-refractivity contribution >= 4 is 5.69 Å². The van der Waals surface area contributed by atoms with E-state index < -0.39 is 0 Å². The van der Waals surface area contributed by atoms with Crippen LogP contribution < -0.4 is 10.2 Å². The first kappa shape index (κ1) is 16.9. The van der Waals surface area contributed by atoms with Crippen LogP contribution >= 0.6 is 0 Å². The highest BCUT2D eigenvalue weighted by Gasteiger charge is 2.11. The van der Waals surface area contributed by atoms with Gasteiger partial charge in [0, 0.05) is 38.4 Å². The minimum atomic E-state index is 0.498. The molecule has 4 nitrogen and oxygen atoms in total. The van der Waals surface area contributed by atoms with Crippen LogP contribution in [0.4, 0.5) is 5.69 Å². The molecule has 1 aromatic heterocycles. The van der Waals surface area contributed by atoms with Crippen LogP contribution in [0.25, 0.3) is 0 Å². The maximum atomic E-state index is 4.32. The van der Waals surface area contributed by atoms with Gasteiger partial charge in [-0.3, -0.25) is 4.98 Å². The molecular formula is C16H30N4. The van der Waals surface area contributed by atoms with Crippen molar-refractivity contribution in [3.63, 3.8) is 0 Å². The Balaban J connectivity index is 2.82. The molecule has 1 aromatic rings. The van der Waals surface area contributed by atoms with Crippen molar-refractivity contribution in [2.45, 2.75) is 39.8 Å². The Morgan fingerprint density at radius 3 is 2.55 bits per heavy atom. The molecule has 0 atom stereocenters. The lowest BCUT2D eigenvalue weighted by Gasteiger charge is -2.28. The molecule has 0 bridgehead atoms. The fourth-order valence-electron chi connectivity index (χ4n) is 2.11. The van der Waals surface area contributed by atoms with E-state index in [0.29, 0.717) is 6.04 Å². The number of aromatic nitrogens is 1. The second kappa shape index (κ2) is 8.93. The van der Waals surface area contributed by atoms with Crippen LogP contribution in [0.3, 0.4) is 0 Å². The first-order valence-corrected chi connectivity index (χ1v) is 7.60. The third-order valence-electron chi connectivity index (χ3n) is 3.24. The van der Waals surface area contributed by atoms with Gasteiger partial charge < -0.3 is 15.1 Å². The quantitative estimate of drug-likeness (QED) is 0.751. The summed E-state index contributed by atoms with van der Waals surface area (Å²) in [5.74, 6) is 0. The standard InChI is InChI=1S/C16H30N4/c1-6-9-20(11-10-19(4)5)16-13-17-8-7-15(16)12-18-14(2)3/h7-8,13-14,18H,6,9-12H2,1-5H3. The van der Waals surface area contributed by atoms with Gasteiger partial charge in [0.05, 0.1) is 11.9 Å². The molecule has 1 N–H and O–H groups in total. The SMILES string of the molecule is CCCN(CCN(C)C)c1cnccc1CNC(C)C. The van der Waals surface area contributed by atoms with E-state index in [-0.39, 0.29) is 0 Å². The Labute approximate surface area is 124 Å². The van der Waals surface area contributed by atoms with Gasteiger partial charge in [0.2, 0.25) is 0 Å². The number of nitrogens with zero attached hydrogens (tertiary/aromatic N) is 3. The fourth-order valence-corrected chi connectivity index (χ4v) is 2.11. The molecule has 0 saturated carbocycles. The maximum absolute atomic E-state index is 4.32. The monoisotopic (exact) mass is 278 g/mol. The van der Waals surface area contributed by atoms with Crippen molar-refractivity contribution in [1.29, 1.82) is 0 Å². The molecular weight excluding hydrogens is 248 g/mol. The molecule has 0 spiro atoms. The van der Waals surface area contributed by atoms with Crippen molar-refractivity contribution in [2.75, 3.05) is 38.6 Å². The van der Waals surface area contributed by atoms with Crippen molar-refractivity contribution in [3.05, 3.63) is 24.0 Å². The average molecular weight is 278 g/mol. The van der Waals surface area contributed by atoms with Crippen LogP contribution in [-0.4, -0.2) is 49.7 Å². The molecule has 0 aliphatic carbocycles. The number of hydrogen-bond acceptors (Lipinski definition) is 4. The maximum Gasteiger partial charge on any atom is 0.0598 e. The van der Waals surface area contributed by atoms with Gasteiger partial charge in [-0.1, -0.05) is 20.8 Å². The van der Waals surface area contributed by atoms with E-state index in [2.05, 4.69) is 61.0 Å². The van der Waals surface area contributed by atoms with E-state index >= 15 is 0 Å². The molecule has 0 fully saturated rings. The van der Waals surface area contributed by atoms with E-state index in [1.807, 2.05) is 12.4 Å². The summed E-state index contributed by atoms with van der Waals surface area (Å²) in [5, 5.41) is 3.50. The summed E-state index contributed by atoms with van der Waals surface area (Å²) in [6.07, 6.45) is 5.04. The first-order valence-electron chi connectivity index (χ1n) is 7.60. The molecule has 0 aliphatic heterocycles. The number of nitrogens with one attached hydrogen (secondary N) is 1. The summed E-state index contributed by atoms with van der Waals surface area (Å²) in [6.45, 7) is 10.7. The Hall–Kier alpha value is -1.13. The van der Waals surface area contributed by atoms with Gasteiger partial charge in [-0.05, 0) is 32.1 Å². The van der Waals surface area contributed by atoms with Gasteiger partial charge in [0.15, 0.2) is 0 Å². The molecule has 0 aromatic carbocycles. The van der Waals surface area contributed by atoms with Crippen molar-refractivity contribution < 1.29 is 0 Å². The Kier molecular flexibility index (Phi) is 7.55. The largest absolute Gasteiger partial charge is 0.369 e. The van der Waals surface area contributed by atoms with Crippen molar-refractivity contribution in [2.24, 2.45) is 0 Å². The zero-order valence-electron chi connectivity index (χ0n) is 13.7. The normalized spacial score (nSPS) is 11.3. The van der Waals surface area contributed by atoms with Crippen molar-refractivity contribution in [3.8, 4) is 0 Å². The van der Waals surface area contributed by atoms with Crippen LogP contribution in [0.1, 0.15) is 32.8 Å². The Morgan fingerprint density at radius 1 is 1.20 bits per heavy atom. The second-order valence-electron chi connectivity index (χ2n) is 5.83. The lowest BCUT2D eigenvalue weighted by Crippen LogP contribution is -2.33. The molecule has 4 heteroatoms. The van der Waals surface area contributed by atoms with E-state index in [1.54, 1.807) is 0 Å². The van der Waals surface area contributed by atoms with Crippen LogP contribution in [0.2, 0.25) is 0 Å². The number of pyridine rings is 1. The van der Waals surface area contributed by atoms with Gasteiger partial charge >= 0.3 is 0 Å². The summed E-state index contributed by atoms with van der Waals surface area (Å²) in [6, 6.07) is 2.63. The third kappa shape index (κ3) is 5.88. The molecule has 0 saturated heterocycles. The highest BCUT2D eigenvalue weighted by Crippen LogP contribution is 2.19. The highest BCUT2D eigenvalue weighted by atomic mass is 15.2. The summed E-state index contributed by atoms with van der Waals surface area (Å²) < 4.78 is 0. The number of anilines is 1. The zero-order chi connectivity index (χ0) is 15.0. The number of rotatable bonds is 9. The number of hydrogen-bond donors (Lipinski definition) is 1. The van der Waals surface area contributed by atoms with Crippen molar-refractivity contribution in [1.82, 2.24) is 15.2 Å². The molecule has 1 heterocycles. The minimum Gasteiger partial charge on any atom is -0.369 e. The topological polar surface area (TPSA) is 31.4 Å². The van der Waals surface area contributed by atoms with Gasteiger partial charge in [-0.15, -0.1) is 0 Å². The summed E-state index contributed by atoms with van der Waals surface area (Å²) >= 11 is 0. The van der Waals surface area contributed by atoms with Crippen LogP contribution in [0.15, 0.2) is 18.5 Å². The molecule has 0 unspecified atom stereocenters. The van der Waals surface area contributed by atoms with E-state index in [0.717, 1.165) is 32.6 Å². The molecule has 0 aliphatic rings. The third-order valence-corrected chi connectivity index (χ3v) is 3.24. The molecule has 0 radical (unpaired) electrons. The van der Waals surface area contributed by atoms with Crippen LogP contribution in [0.5, 0.6) is 0 Å².